The summed E-state index contributed by atoms with van der Waals surface area (Å²) in [6.07, 6.45) is 0.124. The summed E-state index contributed by atoms with van der Waals surface area (Å²) in [5.41, 5.74) is -0.717. The van der Waals surface area contributed by atoms with Crippen LogP contribution in [0.4, 0.5) is 0 Å². The van der Waals surface area contributed by atoms with Crippen molar-refractivity contribution in [1.29, 1.82) is 0 Å². The van der Waals surface area contributed by atoms with E-state index in [2.05, 4.69) is 5.32 Å². The van der Waals surface area contributed by atoms with Crippen LogP contribution in [0.5, 0.6) is 0 Å². The third-order valence-electron chi connectivity index (χ3n) is 2.67. The predicted molar refractivity (Wildman–Crippen MR) is 65.0 cm³/mol. The van der Waals surface area contributed by atoms with Crippen molar-refractivity contribution in [1.82, 2.24) is 5.32 Å². The molecule has 17 heavy (non-hydrogen) atoms. The predicted octanol–water partition coefficient (Wildman–Crippen LogP) is 1.72. The zero-order valence-corrected chi connectivity index (χ0v) is 10.4. The summed E-state index contributed by atoms with van der Waals surface area (Å²) in [6, 6.07) is 6.77. The minimum atomic E-state index is -1.47. The summed E-state index contributed by atoms with van der Waals surface area (Å²) in [6.45, 7) is 1.41. The average Bonchev–Trinajstić information content (AvgIpc) is 2.30. The van der Waals surface area contributed by atoms with Gasteiger partial charge in [0.15, 0.2) is 0 Å². The van der Waals surface area contributed by atoms with Gasteiger partial charge in [-0.05, 0) is 31.0 Å². The highest BCUT2D eigenvalue weighted by Gasteiger charge is 2.40. The number of nitrogens with one attached hydrogen (secondary N) is 1. The first-order chi connectivity index (χ1) is 7.90. The van der Waals surface area contributed by atoms with E-state index in [1.165, 1.54) is 14.0 Å². The van der Waals surface area contributed by atoms with Gasteiger partial charge in [0, 0.05) is 12.1 Å². The van der Waals surface area contributed by atoms with Crippen LogP contribution in [0.25, 0.3) is 0 Å². The molecule has 0 aliphatic rings. The van der Waals surface area contributed by atoms with E-state index in [1.807, 2.05) is 0 Å². The molecule has 0 fully saturated rings. The molecular formula is C12H14ClNO3. The highest BCUT2D eigenvalue weighted by Crippen LogP contribution is 2.24. The highest BCUT2D eigenvalue weighted by molar-refractivity contribution is 6.30. The topological polar surface area (TPSA) is 66.4 Å². The number of aliphatic carboxylic acids is 1. The zero-order chi connectivity index (χ0) is 13.1. The fourth-order valence-electron chi connectivity index (χ4n) is 1.54. The van der Waals surface area contributed by atoms with E-state index < -0.39 is 17.3 Å². The molecule has 1 amide bonds. The average molecular weight is 256 g/mol. The molecule has 0 bridgehead atoms. The Kier molecular flexibility index (Phi) is 4.12. The number of rotatable bonds is 4. The molecule has 0 saturated carbocycles. The van der Waals surface area contributed by atoms with E-state index in [9.17, 15) is 9.59 Å². The molecule has 1 aromatic carbocycles. The molecule has 4 nitrogen and oxygen atoms in total. The number of benzene rings is 1. The third-order valence-corrected chi connectivity index (χ3v) is 2.92. The molecule has 1 atom stereocenters. The molecule has 5 heteroatoms. The van der Waals surface area contributed by atoms with Crippen molar-refractivity contribution in [3.63, 3.8) is 0 Å². The van der Waals surface area contributed by atoms with Crippen molar-refractivity contribution >= 4 is 23.5 Å². The lowest BCUT2D eigenvalue weighted by molar-refractivity contribution is -0.154. The van der Waals surface area contributed by atoms with Gasteiger partial charge in [-0.2, -0.15) is 0 Å². The Balaban J connectivity index is 2.99. The van der Waals surface area contributed by atoms with Gasteiger partial charge in [0.05, 0.1) is 0 Å². The zero-order valence-electron chi connectivity index (χ0n) is 9.66. The van der Waals surface area contributed by atoms with Gasteiger partial charge in [0.1, 0.15) is 5.41 Å². The van der Waals surface area contributed by atoms with Crippen LogP contribution in [0.1, 0.15) is 12.5 Å². The van der Waals surface area contributed by atoms with E-state index in [0.29, 0.717) is 5.02 Å². The van der Waals surface area contributed by atoms with Crippen LogP contribution >= 0.6 is 11.6 Å². The number of carbonyl (C=O) groups excluding carboxylic acids is 1. The lowest BCUT2D eigenvalue weighted by Crippen LogP contribution is -2.44. The van der Waals surface area contributed by atoms with Gasteiger partial charge in [-0.3, -0.25) is 9.59 Å². The van der Waals surface area contributed by atoms with Gasteiger partial charge in [-0.15, -0.1) is 0 Å². The maximum Gasteiger partial charge on any atom is 0.319 e. The van der Waals surface area contributed by atoms with Crippen LogP contribution in [0.2, 0.25) is 5.02 Å². The molecule has 0 radical (unpaired) electrons. The number of hydrogen-bond acceptors (Lipinski definition) is 2. The first-order valence-corrected chi connectivity index (χ1v) is 5.48. The largest absolute Gasteiger partial charge is 0.480 e. The Labute approximate surface area is 105 Å². The summed E-state index contributed by atoms with van der Waals surface area (Å²) >= 11 is 5.74. The molecule has 1 aromatic rings. The molecule has 1 unspecified atom stereocenters. The van der Waals surface area contributed by atoms with E-state index in [-0.39, 0.29) is 6.42 Å². The van der Waals surface area contributed by atoms with Crippen molar-refractivity contribution < 1.29 is 14.7 Å². The van der Waals surface area contributed by atoms with Gasteiger partial charge in [0.25, 0.3) is 0 Å². The quantitative estimate of drug-likeness (QED) is 0.805. The summed E-state index contributed by atoms with van der Waals surface area (Å²) < 4.78 is 0. The Morgan fingerprint density at radius 2 is 1.88 bits per heavy atom. The first kappa shape index (κ1) is 13.5. The molecule has 0 aliphatic heterocycles. The Bertz CT molecular complexity index is 430. The van der Waals surface area contributed by atoms with Gasteiger partial charge < -0.3 is 10.4 Å². The van der Waals surface area contributed by atoms with Crippen molar-refractivity contribution in [2.45, 2.75) is 13.3 Å². The van der Waals surface area contributed by atoms with Crippen LogP contribution < -0.4 is 5.32 Å². The van der Waals surface area contributed by atoms with Crippen LogP contribution in [0, 0.1) is 5.41 Å². The maximum atomic E-state index is 11.6. The number of carbonyl (C=O) groups is 2. The lowest BCUT2D eigenvalue weighted by Gasteiger charge is -2.22. The Morgan fingerprint density at radius 3 is 2.29 bits per heavy atom. The molecule has 0 aliphatic carbocycles. The normalized spacial score (nSPS) is 13.8. The molecular weight excluding hydrogens is 242 g/mol. The number of carboxylic acids is 1. The monoisotopic (exact) mass is 255 g/mol. The maximum absolute atomic E-state index is 11.6. The molecule has 0 aromatic heterocycles. The van der Waals surface area contributed by atoms with E-state index >= 15 is 0 Å². The summed E-state index contributed by atoms with van der Waals surface area (Å²) in [4.78, 5) is 22.8. The second kappa shape index (κ2) is 5.19. The highest BCUT2D eigenvalue weighted by atomic mass is 35.5. The molecule has 0 saturated heterocycles. The van der Waals surface area contributed by atoms with Crippen LogP contribution in [-0.4, -0.2) is 24.0 Å². The molecule has 1 rings (SSSR count). The smallest absolute Gasteiger partial charge is 0.319 e. The van der Waals surface area contributed by atoms with Crippen molar-refractivity contribution in [2.24, 2.45) is 5.41 Å². The lowest BCUT2D eigenvalue weighted by atomic mass is 9.83. The number of amides is 1. The van der Waals surface area contributed by atoms with Crippen molar-refractivity contribution in [3.8, 4) is 0 Å². The standard InChI is InChI=1S/C12H14ClNO3/c1-12(11(16)17,10(15)14-2)7-8-3-5-9(13)6-4-8/h3-6H,7H2,1-2H3,(H,14,15)(H,16,17). The molecule has 2 N–H and O–H groups in total. The number of carboxylic acid groups (broad SMARTS) is 1. The molecule has 0 spiro atoms. The first-order valence-electron chi connectivity index (χ1n) is 5.10. The van der Waals surface area contributed by atoms with E-state index in [0.717, 1.165) is 5.56 Å². The van der Waals surface area contributed by atoms with Crippen molar-refractivity contribution in [3.05, 3.63) is 34.9 Å². The fourth-order valence-corrected chi connectivity index (χ4v) is 1.67. The van der Waals surface area contributed by atoms with Gasteiger partial charge in [-0.25, -0.2) is 0 Å². The second-order valence-corrected chi connectivity index (χ2v) is 4.46. The van der Waals surface area contributed by atoms with Gasteiger partial charge >= 0.3 is 5.97 Å². The number of hydrogen-bond donors (Lipinski definition) is 2. The van der Waals surface area contributed by atoms with E-state index in [1.54, 1.807) is 24.3 Å². The molecule has 0 heterocycles. The van der Waals surface area contributed by atoms with Crippen LogP contribution in [-0.2, 0) is 16.0 Å². The number of halogens is 1. The minimum absolute atomic E-state index is 0.124. The summed E-state index contributed by atoms with van der Waals surface area (Å²) in [7, 11) is 1.42. The van der Waals surface area contributed by atoms with Crippen LogP contribution in [0.3, 0.4) is 0 Å². The Morgan fingerprint density at radius 1 is 1.35 bits per heavy atom. The second-order valence-electron chi connectivity index (χ2n) is 4.02. The Hall–Kier alpha value is -1.55. The van der Waals surface area contributed by atoms with Crippen LogP contribution in [0.15, 0.2) is 24.3 Å². The van der Waals surface area contributed by atoms with E-state index in [4.69, 9.17) is 16.7 Å². The van der Waals surface area contributed by atoms with Crippen molar-refractivity contribution in [2.75, 3.05) is 7.05 Å². The fraction of sp³-hybridized carbons (Fsp3) is 0.333. The third kappa shape index (κ3) is 2.97. The van der Waals surface area contributed by atoms with Gasteiger partial charge in [0.2, 0.25) is 5.91 Å². The van der Waals surface area contributed by atoms with Gasteiger partial charge in [-0.1, -0.05) is 23.7 Å². The summed E-state index contributed by atoms with van der Waals surface area (Å²) in [5.74, 6) is -1.66. The minimum Gasteiger partial charge on any atom is -0.480 e. The SMILES string of the molecule is CNC(=O)C(C)(Cc1ccc(Cl)cc1)C(=O)O. The summed E-state index contributed by atoms with van der Waals surface area (Å²) in [5, 5.41) is 12.1. The molecule has 92 valence electrons.